The van der Waals surface area contributed by atoms with Crippen molar-refractivity contribution in [3.63, 3.8) is 0 Å². The van der Waals surface area contributed by atoms with Gasteiger partial charge in [-0.25, -0.2) is 4.39 Å². The van der Waals surface area contributed by atoms with Crippen molar-refractivity contribution in [1.29, 1.82) is 0 Å². The molecule has 0 bridgehead atoms. The minimum absolute atomic E-state index is 0.172. The van der Waals surface area contributed by atoms with E-state index in [4.69, 9.17) is 9.84 Å². The monoisotopic (exact) mass is 374 g/mol. The lowest BCUT2D eigenvalue weighted by molar-refractivity contribution is 0.0663. The molecule has 0 saturated carbocycles. The summed E-state index contributed by atoms with van der Waals surface area (Å²) in [4.78, 5) is 4.57. The van der Waals surface area contributed by atoms with Gasteiger partial charge in [-0.2, -0.15) is 0 Å². The highest BCUT2D eigenvalue weighted by Crippen LogP contribution is 2.18. The summed E-state index contributed by atoms with van der Waals surface area (Å²) in [6.07, 6.45) is 0.103. The fourth-order valence-electron chi connectivity index (χ4n) is 3.27. The molecular weight excluding hydrogens is 347 g/mol. The Balaban J connectivity index is 1.40. The van der Waals surface area contributed by atoms with Crippen molar-refractivity contribution in [1.82, 2.24) is 4.90 Å². The van der Waals surface area contributed by atoms with Crippen molar-refractivity contribution >= 4 is 5.69 Å². The minimum atomic E-state index is -0.584. The molecule has 1 atom stereocenters. The summed E-state index contributed by atoms with van der Waals surface area (Å²) >= 11 is 0. The lowest BCUT2D eigenvalue weighted by Crippen LogP contribution is -2.49. The fourth-order valence-corrected chi connectivity index (χ4v) is 3.27. The molecule has 0 aliphatic carbocycles. The molecule has 1 heterocycles. The largest absolute Gasteiger partial charge is 0.491 e. The van der Waals surface area contributed by atoms with Crippen LogP contribution in [-0.2, 0) is 6.42 Å². The lowest BCUT2D eigenvalue weighted by Gasteiger charge is -2.37. The number of rotatable bonds is 8. The Morgan fingerprint density at radius 3 is 2.26 bits per heavy atom. The van der Waals surface area contributed by atoms with E-state index in [1.54, 1.807) is 12.1 Å². The van der Waals surface area contributed by atoms with Crippen molar-refractivity contribution in [2.24, 2.45) is 0 Å². The van der Waals surface area contributed by atoms with Crippen LogP contribution in [0.5, 0.6) is 5.75 Å². The summed E-state index contributed by atoms with van der Waals surface area (Å²) in [7, 11) is 0. The fraction of sp³-hybridized carbons (Fsp3) is 0.429. The SMILES string of the molecule is OCCc1ccc(N2CCN(CC(O)COc3ccc(F)cc3)CC2)cc1. The molecule has 5 nitrogen and oxygen atoms in total. The molecule has 1 aliphatic rings. The van der Waals surface area contributed by atoms with Crippen molar-refractivity contribution in [2.45, 2.75) is 12.5 Å². The molecule has 1 unspecified atom stereocenters. The summed E-state index contributed by atoms with van der Waals surface area (Å²) in [5.74, 6) is 0.258. The highest BCUT2D eigenvalue weighted by Gasteiger charge is 2.19. The predicted octanol–water partition coefficient (Wildman–Crippen LogP) is 1.92. The summed E-state index contributed by atoms with van der Waals surface area (Å²) < 4.78 is 18.4. The zero-order chi connectivity index (χ0) is 19.1. The second-order valence-corrected chi connectivity index (χ2v) is 6.85. The number of hydrogen-bond donors (Lipinski definition) is 2. The maximum atomic E-state index is 12.9. The number of benzene rings is 2. The van der Waals surface area contributed by atoms with Crippen molar-refractivity contribution in [3.8, 4) is 5.75 Å². The standard InChI is InChI=1S/C21H27FN2O3/c22-18-3-7-21(8-4-18)27-16-20(26)15-23-10-12-24(13-11-23)19-5-1-17(2-6-19)9-14-25/h1-8,20,25-26H,9-16H2. The molecule has 1 fully saturated rings. The van der Waals surface area contributed by atoms with Crippen LogP contribution in [0.4, 0.5) is 10.1 Å². The highest BCUT2D eigenvalue weighted by molar-refractivity contribution is 5.48. The van der Waals surface area contributed by atoms with Crippen LogP contribution in [0.2, 0.25) is 0 Å². The summed E-state index contributed by atoms with van der Waals surface area (Å²) in [6, 6.07) is 14.1. The van der Waals surface area contributed by atoms with Gasteiger partial charge in [0.15, 0.2) is 0 Å². The minimum Gasteiger partial charge on any atom is -0.491 e. The number of ether oxygens (including phenoxy) is 1. The summed E-state index contributed by atoms with van der Waals surface area (Å²) in [6.45, 7) is 4.50. The van der Waals surface area contributed by atoms with Gasteiger partial charge in [0.1, 0.15) is 24.3 Å². The summed E-state index contributed by atoms with van der Waals surface area (Å²) in [5.41, 5.74) is 2.33. The summed E-state index contributed by atoms with van der Waals surface area (Å²) in [5, 5.41) is 19.2. The molecule has 2 aromatic rings. The van der Waals surface area contributed by atoms with E-state index in [0.29, 0.717) is 18.7 Å². The number of β-amino-alcohol motifs (C(OH)–C–C–N with tert-alkyl or cyclic N) is 1. The van der Waals surface area contributed by atoms with Gasteiger partial charge in [-0.3, -0.25) is 4.90 Å². The van der Waals surface area contributed by atoms with Crippen molar-refractivity contribution in [3.05, 3.63) is 59.9 Å². The third-order valence-electron chi connectivity index (χ3n) is 4.80. The molecule has 6 heteroatoms. The predicted molar refractivity (Wildman–Crippen MR) is 104 cm³/mol. The van der Waals surface area contributed by atoms with E-state index in [0.717, 1.165) is 31.7 Å². The van der Waals surface area contributed by atoms with E-state index in [9.17, 15) is 9.50 Å². The smallest absolute Gasteiger partial charge is 0.123 e. The second kappa shape index (κ2) is 9.69. The Morgan fingerprint density at radius 1 is 0.963 bits per heavy atom. The Morgan fingerprint density at radius 2 is 1.63 bits per heavy atom. The van der Waals surface area contributed by atoms with Crippen LogP contribution >= 0.6 is 0 Å². The average Bonchev–Trinajstić information content (AvgIpc) is 2.69. The molecule has 2 aromatic carbocycles. The van der Waals surface area contributed by atoms with Gasteiger partial charge in [0, 0.05) is 45.0 Å². The van der Waals surface area contributed by atoms with Crippen LogP contribution in [0, 0.1) is 5.82 Å². The van der Waals surface area contributed by atoms with Gasteiger partial charge in [0.2, 0.25) is 0 Å². The maximum Gasteiger partial charge on any atom is 0.123 e. The van der Waals surface area contributed by atoms with E-state index in [-0.39, 0.29) is 19.0 Å². The zero-order valence-corrected chi connectivity index (χ0v) is 15.4. The molecule has 0 radical (unpaired) electrons. The van der Waals surface area contributed by atoms with Gasteiger partial charge in [-0.15, -0.1) is 0 Å². The molecular formula is C21H27FN2O3. The number of nitrogens with zero attached hydrogens (tertiary/aromatic N) is 2. The number of anilines is 1. The van der Waals surface area contributed by atoms with Crippen molar-refractivity contribution in [2.75, 3.05) is 50.8 Å². The Labute approximate surface area is 159 Å². The first-order valence-electron chi connectivity index (χ1n) is 9.37. The topological polar surface area (TPSA) is 56.2 Å². The number of piperazine rings is 1. The first-order valence-corrected chi connectivity index (χ1v) is 9.37. The third kappa shape index (κ3) is 5.92. The Hall–Kier alpha value is -2.15. The van der Waals surface area contributed by atoms with Gasteiger partial charge >= 0.3 is 0 Å². The van der Waals surface area contributed by atoms with Gasteiger partial charge in [0.25, 0.3) is 0 Å². The first-order chi connectivity index (χ1) is 13.1. The van der Waals surface area contributed by atoms with E-state index >= 15 is 0 Å². The second-order valence-electron chi connectivity index (χ2n) is 6.85. The molecule has 27 heavy (non-hydrogen) atoms. The third-order valence-corrected chi connectivity index (χ3v) is 4.80. The van der Waals surface area contributed by atoms with E-state index in [1.807, 2.05) is 0 Å². The molecule has 146 valence electrons. The van der Waals surface area contributed by atoms with Crippen LogP contribution in [0.3, 0.4) is 0 Å². The number of aliphatic hydroxyl groups excluding tert-OH is 2. The molecule has 0 amide bonds. The quantitative estimate of drug-likeness (QED) is 0.739. The van der Waals surface area contributed by atoms with Crippen molar-refractivity contribution < 1.29 is 19.3 Å². The average molecular weight is 374 g/mol. The van der Waals surface area contributed by atoms with Crippen LogP contribution in [0.15, 0.2) is 48.5 Å². The molecule has 2 N–H and O–H groups in total. The van der Waals surface area contributed by atoms with E-state index in [1.165, 1.54) is 17.8 Å². The number of halogens is 1. The van der Waals surface area contributed by atoms with Crippen LogP contribution in [-0.4, -0.2) is 67.2 Å². The Bertz CT molecular complexity index is 686. The maximum absolute atomic E-state index is 12.9. The first kappa shape index (κ1) is 19.6. The Kier molecular flexibility index (Phi) is 7.04. The number of hydrogen-bond acceptors (Lipinski definition) is 5. The highest BCUT2D eigenvalue weighted by atomic mass is 19.1. The number of aliphatic hydroxyl groups is 2. The molecule has 1 saturated heterocycles. The van der Waals surface area contributed by atoms with Gasteiger partial charge in [0.05, 0.1) is 0 Å². The van der Waals surface area contributed by atoms with Gasteiger partial charge in [-0.1, -0.05) is 12.1 Å². The van der Waals surface area contributed by atoms with E-state index < -0.39 is 6.10 Å². The van der Waals surface area contributed by atoms with Crippen LogP contribution in [0.25, 0.3) is 0 Å². The lowest BCUT2D eigenvalue weighted by atomic mass is 10.1. The molecule has 3 rings (SSSR count). The van der Waals surface area contributed by atoms with Crippen LogP contribution in [0.1, 0.15) is 5.56 Å². The zero-order valence-electron chi connectivity index (χ0n) is 15.4. The van der Waals surface area contributed by atoms with Crippen LogP contribution < -0.4 is 9.64 Å². The molecule has 0 spiro atoms. The van der Waals surface area contributed by atoms with Gasteiger partial charge in [-0.05, 0) is 48.4 Å². The molecule has 1 aliphatic heterocycles. The van der Waals surface area contributed by atoms with Gasteiger partial charge < -0.3 is 19.8 Å². The van der Waals surface area contributed by atoms with E-state index in [2.05, 4.69) is 34.1 Å². The normalized spacial score (nSPS) is 16.3. The molecule has 0 aromatic heterocycles.